The summed E-state index contributed by atoms with van der Waals surface area (Å²) in [4.78, 5) is 22.9. The number of esters is 1. The van der Waals surface area contributed by atoms with Crippen LogP contribution < -0.4 is 5.32 Å². The van der Waals surface area contributed by atoms with E-state index in [2.05, 4.69) is 10.1 Å². The van der Waals surface area contributed by atoms with E-state index >= 15 is 0 Å². The minimum Gasteiger partial charge on any atom is -0.421 e. The maximum absolute atomic E-state index is 12.2. The molecule has 0 aromatic carbocycles. The summed E-state index contributed by atoms with van der Waals surface area (Å²) in [6, 6.07) is 0. The number of carbonyl (C=O) groups excluding carboxylic acids is 2. The maximum atomic E-state index is 12.2. The first kappa shape index (κ1) is 18.9. The molecule has 1 N–H and O–H groups in total. The van der Waals surface area contributed by atoms with Crippen molar-refractivity contribution in [1.82, 2.24) is 5.32 Å². The molecule has 0 heterocycles. The molecule has 0 saturated heterocycles. The zero-order valence-electron chi connectivity index (χ0n) is 12.0. The Kier molecular flexibility index (Phi) is 7.15. The molecule has 5 nitrogen and oxygen atoms in total. The zero-order valence-corrected chi connectivity index (χ0v) is 12.0. The first-order valence-electron chi connectivity index (χ1n) is 6.20. The molecule has 0 bridgehead atoms. The van der Waals surface area contributed by atoms with E-state index in [-0.39, 0.29) is 13.2 Å². The average Bonchev–Trinajstić information content (AvgIpc) is 2.33. The summed E-state index contributed by atoms with van der Waals surface area (Å²) in [5, 5.41) is 2.91. The van der Waals surface area contributed by atoms with Crippen molar-refractivity contribution in [2.45, 2.75) is 40.2 Å². The number of alkyl halides is 3. The van der Waals surface area contributed by atoms with Gasteiger partial charge in [0.1, 0.15) is 0 Å². The molecule has 0 amide bonds. The molecule has 0 rings (SSSR count). The van der Waals surface area contributed by atoms with Gasteiger partial charge in [-0.1, -0.05) is 20.8 Å². The van der Waals surface area contributed by atoms with Crippen LogP contribution in [0.3, 0.4) is 0 Å². The number of nitrogens with one attached hydrogen (secondary N) is 1. The number of hydrogen-bond donors (Lipinski definition) is 1. The Balaban J connectivity index is 4.90. The molecule has 0 aliphatic carbocycles. The largest absolute Gasteiger partial charge is 0.491 e. The summed E-state index contributed by atoms with van der Waals surface area (Å²) in [5.74, 6) is -3.17. The van der Waals surface area contributed by atoms with Gasteiger partial charge in [0.15, 0.2) is 0 Å². The van der Waals surface area contributed by atoms with E-state index in [4.69, 9.17) is 4.74 Å². The minimum absolute atomic E-state index is 0.0567. The van der Waals surface area contributed by atoms with E-state index in [1.54, 1.807) is 0 Å². The monoisotopic (exact) mass is 299 g/mol. The van der Waals surface area contributed by atoms with Crippen molar-refractivity contribution in [2.24, 2.45) is 5.41 Å². The standard InChI is InChI=1S/C12H20F3NO4/c1-5-16-7-11(3,4)8(17)9(19-6-2)20-10(18)12(13,14)15/h9,16H,5-7H2,1-4H3. The normalized spacial score (nSPS) is 13.9. The van der Waals surface area contributed by atoms with Crippen LogP contribution in [0.1, 0.15) is 27.7 Å². The molecule has 0 aromatic heterocycles. The fourth-order valence-electron chi connectivity index (χ4n) is 1.32. The lowest BCUT2D eigenvalue weighted by atomic mass is 9.87. The SMILES string of the molecule is CCNCC(C)(C)C(=O)C(OCC)OC(=O)C(F)(F)F. The van der Waals surface area contributed by atoms with Crippen LogP contribution in [0.15, 0.2) is 0 Å². The molecular weight excluding hydrogens is 279 g/mol. The van der Waals surface area contributed by atoms with Crippen LogP contribution in [0.2, 0.25) is 0 Å². The van der Waals surface area contributed by atoms with Gasteiger partial charge in [-0.2, -0.15) is 13.2 Å². The molecule has 0 radical (unpaired) electrons. The zero-order chi connectivity index (χ0) is 16.0. The Morgan fingerprint density at radius 3 is 2.15 bits per heavy atom. The van der Waals surface area contributed by atoms with Crippen molar-refractivity contribution in [3.05, 3.63) is 0 Å². The van der Waals surface area contributed by atoms with Crippen molar-refractivity contribution >= 4 is 11.8 Å². The predicted octanol–water partition coefficient (Wildman–Crippen LogP) is 1.66. The van der Waals surface area contributed by atoms with E-state index in [0.717, 1.165) is 0 Å². The van der Waals surface area contributed by atoms with E-state index in [9.17, 15) is 22.8 Å². The van der Waals surface area contributed by atoms with Crippen LogP contribution in [-0.2, 0) is 19.1 Å². The number of carbonyl (C=O) groups is 2. The molecule has 0 aliphatic heterocycles. The number of hydrogen-bond acceptors (Lipinski definition) is 5. The molecule has 0 aliphatic rings. The number of ether oxygens (including phenoxy) is 2. The van der Waals surface area contributed by atoms with Gasteiger partial charge in [0.05, 0.1) is 0 Å². The highest BCUT2D eigenvalue weighted by Crippen LogP contribution is 2.23. The van der Waals surface area contributed by atoms with Crippen LogP contribution in [0.4, 0.5) is 13.2 Å². The van der Waals surface area contributed by atoms with E-state index in [1.165, 1.54) is 20.8 Å². The van der Waals surface area contributed by atoms with Crippen molar-refractivity contribution in [3.8, 4) is 0 Å². The molecule has 20 heavy (non-hydrogen) atoms. The molecule has 118 valence electrons. The number of Topliss-reactive ketones (excluding diaryl/α,β-unsaturated/α-hetero) is 1. The van der Waals surface area contributed by atoms with Gasteiger partial charge in [-0.05, 0) is 13.5 Å². The quantitative estimate of drug-likeness (QED) is 0.545. The number of rotatable bonds is 8. The Bertz CT molecular complexity index is 342. The lowest BCUT2D eigenvalue weighted by Gasteiger charge is -2.28. The second kappa shape index (κ2) is 7.58. The second-order valence-corrected chi connectivity index (χ2v) is 4.72. The van der Waals surface area contributed by atoms with E-state index in [1.807, 2.05) is 6.92 Å². The van der Waals surface area contributed by atoms with Crippen LogP contribution >= 0.6 is 0 Å². The number of ketones is 1. The Hall–Kier alpha value is -1.15. The van der Waals surface area contributed by atoms with E-state index < -0.39 is 29.6 Å². The highest BCUT2D eigenvalue weighted by atomic mass is 19.4. The van der Waals surface area contributed by atoms with Crippen molar-refractivity contribution in [2.75, 3.05) is 19.7 Å². The van der Waals surface area contributed by atoms with Crippen LogP contribution in [0.5, 0.6) is 0 Å². The molecule has 1 unspecified atom stereocenters. The van der Waals surface area contributed by atoms with Gasteiger partial charge in [0.25, 0.3) is 6.29 Å². The summed E-state index contributed by atoms with van der Waals surface area (Å²) in [7, 11) is 0. The van der Waals surface area contributed by atoms with Crippen LogP contribution in [-0.4, -0.2) is 43.9 Å². The van der Waals surface area contributed by atoms with Gasteiger partial charge in [-0.3, -0.25) is 4.79 Å². The van der Waals surface area contributed by atoms with Crippen molar-refractivity contribution in [1.29, 1.82) is 0 Å². The van der Waals surface area contributed by atoms with Crippen LogP contribution in [0.25, 0.3) is 0 Å². The molecule has 0 aromatic rings. The Morgan fingerprint density at radius 2 is 1.75 bits per heavy atom. The molecule has 8 heteroatoms. The van der Waals surface area contributed by atoms with Crippen LogP contribution in [0, 0.1) is 5.41 Å². The summed E-state index contributed by atoms with van der Waals surface area (Å²) in [6.07, 6.45) is -7.02. The van der Waals surface area contributed by atoms with Gasteiger partial charge in [0.2, 0.25) is 5.78 Å². The highest BCUT2D eigenvalue weighted by molar-refractivity contribution is 5.89. The highest BCUT2D eigenvalue weighted by Gasteiger charge is 2.45. The Morgan fingerprint density at radius 1 is 1.20 bits per heavy atom. The smallest absolute Gasteiger partial charge is 0.421 e. The predicted molar refractivity (Wildman–Crippen MR) is 64.9 cm³/mol. The fourth-order valence-corrected chi connectivity index (χ4v) is 1.32. The molecule has 0 saturated carbocycles. The molecule has 0 spiro atoms. The summed E-state index contributed by atoms with van der Waals surface area (Å²) in [5.41, 5.74) is -1.03. The average molecular weight is 299 g/mol. The van der Waals surface area contributed by atoms with Crippen molar-refractivity contribution < 1.29 is 32.2 Å². The fraction of sp³-hybridized carbons (Fsp3) is 0.833. The van der Waals surface area contributed by atoms with E-state index in [0.29, 0.717) is 6.54 Å². The molecular formula is C12H20F3NO4. The lowest BCUT2D eigenvalue weighted by Crippen LogP contribution is -2.46. The second-order valence-electron chi connectivity index (χ2n) is 4.72. The molecule has 1 atom stereocenters. The van der Waals surface area contributed by atoms with Gasteiger partial charge in [0, 0.05) is 18.6 Å². The lowest BCUT2D eigenvalue weighted by molar-refractivity contribution is -0.225. The van der Waals surface area contributed by atoms with Crippen molar-refractivity contribution in [3.63, 3.8) is 0 Å². The van der Waals surface area contributed by atoms with Gasteiger partial charge < -0.3 is 14.8 Å². The van der Waals surface area contributed by atoms with Gasteiger partial charge in [-0.25, -0.2) is 4.79 Å². The summed E-state index contributed by atoms with van der Waals surface area (Å²) >= 11 is 0. The third kappa shape index (κ3) is 5.87. The topological polar surface area (TPSA) is 64.6 Å². The maximum Gasteiger partial charge on any atom is 0.491 e. The number of halogens is 3. The first-order chi connectivity index (χ1) is 9.06. The molecule has 0 fully saturated rings. The minimum atomic E-state index is -5.17. The summed E-state index contributed by atoms with van der Waals surface area (Å²) in [6.45, 7) is 7.15. The first-order valence-corrected chi connectivity index (χ1v) is 6.20. The third-order valence-electron chi connectivity index (χ3n) is 2.46. The Labute approximate surface area is 115 Å². The third-order valence-corrected chi connectivity index (χ3v) is 2.46. The van der Waals surface area contributed by atoms with Gasteiger partial charge >= 0.3 is 12.1 Å². The summed E-state index contributed by atoms with van der Waals surface area (Å²) < 4.78 is 45.4. The van der Waals surface area contributed by atoms with Gasteiger partial charge in [-0.15, -0.1) is 0 Å².